The summed E-state index contributed by atoms with van der Waals surface area (Å²) in [4.78, 5) is 4.70. The smallest absolute Gasteiger partial charge is 0.191 e. The molecule has 3 heterocycles. The van der Waals surface area contributed by atoms with Gasteiger partial charge in [0.1, 0.15) is 0 Å². The van der Waals surface area contributed by atoms with Gasteiger partial charge in [0.05, 0.1) is 10.9 Å². The molecule has 2 N–H and O–H groups in total. The van der Waals surface area contributed by atoms with Crippen molar-refractivity contribution in [2.75, 3.05) is 18.9 Å². The summed E-state index contributed by atoms with van der Waals surface area (Å²) in [5.41, 5.74) is 3.34. The standard InChI is InChI=1S/C15H21N5O2S.C3H6.C2H6/c1-5-9(2)23(21,22)13-14(16-4)19-20-12-6-7-17-8-11(12)10(3)18-15(13)20;1-3-2;1-2/h5,9,17H,1,6-8H2,2-4H3,(H,16,19);3H,1H2,2H3;1-2H3. The molecule has 0 bridgehead atoms. The molecule has 1 aliphatic heterocycles. The van der Waals surface area contributed by atoms with Gasteiger partial charge in [-0.3, -0.25) is 0 Å². The minimum atomic E-state index is -3.60. The first-order valence-corrected chi connectivity index (χ1v) is 11.1. The summed E-state index contributed by atoms with van der Waals surface area (Å²) in [6, 6.07) is 0. The van der Waals surface area contributed by atoms with Gasteiger partial charge in [-0.1, -0.05) is 26.0 Å². The van der Waals surface area contributed by atoms with Crippen molar-refractivity contribution in [3.63, 3.8) is 0 Å². The van der Waals surface area contributed by atoms with Gasteiger partial charge in [0.25, 0.3) is 0 Å². The number of sulfone groups is 1. The van der Waals surface area contributed by atoms with Crippen molar-refractivity contribution in [1.82, 2.24) is 19.9 Å². The van der Waals surface area contributed by atoms with Crippen LogP contribution in [-0.2, 0) is 22.8 Å². The number of rotatable bonds is 4. The van der Waals surface area contributed by atoms with Gasteiger partial charge in [-0.25, -0.2) is 17.9 Å². The van der Waals surface area contributed by atoms with Crippen LogP contribution in [0.2, 0.25) is 0 Å². The van der Waals surface area contributed by atoms with Crippen molar-refractivity contribution in [2.24, 2.45) is 0 Å². The fourth-order valence-corrected chi connectivity index (χ4v) is 4.31. The van der Waals surface area contributed by atoms with E-state index < -0.39 is 15.1 Å². The van der Waals surface area contributed by atoms with Crippen LogP contribution in [0, 0.1) is 6.92 Å². The van der Waals surface area contributed by atoms with Crippen LogP contribution < -0.4 is 10.6 Å². The molecule has 7 nitrogen and oxygen atoms in total. The number of nitrogens with zero attached hydrogens (tertiary/aromatic N) is 3. The minimum absolute atomic E-state index is 0.150. The highest BCUT2D eigenvalue weighted by atomic mass is 32.2. The maximum atomic E-state index is 12.9. The Morgan fingerprint density at radius 3 is 2.46 bits per heavy atom. The zero-order valence-electron chi connectivity index (χ0n) is 17.8. The second kappa shape index (κ2) is 10.4. The van der Waals surface area contributed by atoms with Crippen LogP contribution in [-0.4, -0.2) is 41.9 Å². The molecule has 1 atom stereocenters. The number of nitrogens with one attached hydrogen (secondary N) is 2. The van der Waals surface area contributed by atoms with Gasteiger partial charge in [0, 0.05) is 37.8 Å². The first-order chi connectivity index (χ1) is 13.3. The molecule has 0 aliphatic carbocycles. The van der Waals surface area contributed by atoms with Gasteiger partial charge in [-0.05, 0) is 20.8 Å². The molecule has 156 valence electrons. The second-order valence-electron chi connectivity index (χ2n) is 6.11. The molecule has 0 amide bonds. The van der Waals surface area contributed by atoms with Crippen LogP contribution >= 0.6 is 0 Å². The van der Waals surface area contributed by atoms with Gasteiger partial charge in [-0.2, -0.15) is 0 Å². The highest BCUT2D eigenvalue weighted by Crippen LogP contribution is 2.31. The highest BCUT2D eigenvalue weighted by molar-refractivity contribution is 7.92. The highest BCUT2D eigenvalue weighted by Gasteiger charge is 2.32. The molecular weight excluding hydrogens is 374 g/mol. The first kappa shape index (κ1) is 23.8. The maximum absolute atomic E-state index is 12.9. The van der Waals surface area contributed by atoms with E-state index in [-0.39, 0.29) is 4.90 Å². The second-order valence-corrected chi connectivity index (χ2v) is 8.35. The maximum Gasteiger partial charge on any atom is 0.191 e. The third-order valence-electron chi connectivity index (χ3n) is 4.32. The molecule has 3 rings (SSSR count). The third kappa shape index (κ3) is 4.44. The van der Waals surface area contributed by atoms with E-state index in [1.54, 1.807) is 24.6 Å². The van der Waals surface area contributed by atoms with Crippen LogP contribution in [0.1, 0.15) is 44.6 Å². The molecule has 28 heavy (non-hydrogen) atoms. The Morgan fingerprint density at radius 1 is 1.32 bits per heavy atom. The Bertz CT molecular complexity index is 932. The topological polar surface area (TPSA) is 88.4 Å². The summed E-state index contributed by atoms with van der Waals surface area (Å²) in [7, 11) is -1.93. The van der Waals surface area contributed by atoms with Crippen molar-refractivity contribution in [3.05, 3.63) is 42.3 Å². The van der Waals surface area contributed by atoms with Crippen molar-refractivity contribution < 1.29 is 8.42 Å². The Morgan fingerprint density at radius 2 is 1.93 bits per heavy atom. The molecule has 2 aromatic rings. The van der Waals surface area contributed by atoms with Crippen molar-refractivity contribution in [1.29, 1.82) is 0 Å². The van der Waals surface area contributed by atoms with E-state index in [1.807, 2.05) is 27.7 Å². The predicted octanol–water partition coefficient (Wildman–Crippen LogP) is 3.29. The first-order valence-electron chi connectivity index (χ1n) is 9.56. The van der Waals surface area contributed by atoms with E-state index in [0.29, 0.717) is 11.5 Å². The van der Waals surface area contributed by atoms with E-state index in [4.69, 9.17) is 0 Å². The monoisotopic (exact) mass is 407 g/mol. The number of hydrogen-bond donors (Lipinski definition) is 2. The third-order valence-corrected chi connectivity index (χ3v) is 6.43. The van der Waals surface area contributed by atoms with Crippen LogP contribution in [0.25, 0.3) is 5.65 Å². The van der Waals surface area contributed by atoms with Gasteiger partial charge < -0.3 is 10.6 Å². The minimum Gasteiger partial charge on any atom is -0.371 e. The average molecular weight is 408 g/mol. The van der Waals surface area contributed by atoms with E-state index in [0.717, 1.165) is 36.5 Å². The fraction of sp³-hybridized carbons (Fsp3) is 0.500. The lowest BCUT2D eigenvalue weighted by atomic mass is 10.1. The van der Waals surface area contributed by atoms with Crippen LogP contribution in [0.15, 0.2) is 30.2 Å². The summed E-state index contributed by atoms with van der Waals surface area (Å²) in [6.07, 6.45) is 3.96. The molecule has 1 unspecified atom stereocenters. The lowest BCUT2D eigenvalue weighted by molar-refractivity contribution is 0.591. The lowest BCUT2D eigenvalue weighted by Crippen LogP contribution is -2.27. The predicted molar refractivity (Wildman–Crippen MR) is 117 cm³/mol. The zero-order valence-corrected chi connectivity index (χ0v) is 18.7. The summed E-state index contributed by atoms with van der Waals surface area (Å²) < 4.78 is 27.4. The van der Waals surface area contributed by atoms with Gasteiger partial charge in [0.15, 0.2) is 26.2 Å². The number of anilines is 1. The van der Waals surface area contributed by atoms with E-state index in [2.05, 4.69) is 33.9 Å². The zero-order chi connectivity index (χ0) is 21.5. The largest absolute Gasteiger partial charge is 0.371 e. The van der Waals surface area contributed by atoms with Crippen molar-refractivity contribution in [3.8, 4) is 0 Å². The molecule has 0 saturated heterocycles. The molecule has 2 aromatic heterocycles. The molecule has 0 aromatic carbocycles. The number of aryl methyl sites for hydroxylation is 1. The van der Waals surface area contributed by atoms with Crippen molar-refractivity contribution in [2.45, 2.75) is 57.7 Å². The quantitative estimate of drug-likeness (QED) is 0.756. The van der Waals surface area contributed by atoms with Gasteiger partial charge >= 0.3 is 0 Å². The summed E-state index contributed by atoms with van der Waals surface area (Å²) >= 11 is 0. The van der Waals surface area contributed by atoms with Crippen LogP contribution in [0.5, 0.6) is 0 Å². The van der Waals surface area contributed by atoms with E-state index >= 15 is 0 Å². The van der Waals surface area contributed by atoms with Crippen LogP contribution in [0.4, 0.5) is 5.82 Å². The molecular formula is C20H33N5O2S. The van der Waals surface area contributed by atoms with Gasteiger partial charge in [0.2, 0.25) is 0 Å². The SMILES string of the molecule is C=CC.C=CC(C)S(=O)(=O)c1c(NC)nn2c3c(c(C)nc12)CNCC3.CC. The lowest BCUT2D eigenvalue weighted by Gasteiger charge is -2.19. The number of fused-ring (bicyclic) bond motifs is 3. The van der Waals surface area contributed by atoms with E-state index in [1.165, 1.54) is 6.08 Å². The molecule has 0 fully saturated rings. The molecule has 0 spiro atoms. The molecule has 8 heteroatoms. The number of aromatic nitrogens is 3. The number of hydrogen-bond acceptors (Lipinski definition) is 6. The Hall–Kier alpha value is -2.19. The van der Waals surface area contributed by atoms with Gasteiger partial charge in [-0.15, -0.1) is 18.3 Å². The Balaban J connectivity index is 0.000000717. The summed E-state index contributed by atoms with van der Waals surface area (Å²) in [6.45, 7) is 17.9. The van der Waals surface area contributed by atoms with E-state index in [9.17, 15) is 8.42 Å². The Kier molecular flexibility index (Phi) is 8.84. The molecule has 0 saturated carbocycles. The van der Waals surface area contributed by atoms with Crippen LogP contribution in [0.3, 0.4) is 0 Å². The fourth-order valence-electron chi connectivity index (χ4n) is 2.89. The summed E-state index contributed by atoms with van der Waals surface area (Å²) in [5, 5.41) is 9.97. The normalized spacial score (nSPS) is 13.9. The molecule has 0 radical (unpaired) electrons. The average Bonchev–Trinajstić information content (AvgIpc) is 3.09. The molecule has 1 aliphatic rings. The van der Waals surface area contributed by atoms with Crippen molar-refractivity contribution >= 4 is 21.3 Å². The number of allylic oxidation sites excluding steroid dienone is 1. The Labute approximate surface area is 168 Å². The summed E-state index contributed by atoms with van der Waals surface area (Å²) in [5.74, 6) is 0.331.